The van der Waals surface area contributed by atoms with Crippen molar-refractivity contribution < 1.29 is 14.3 Å². The number of hydrogen-bond donors (Lipinski definition) is 1. The molecule has 0 saturated carbocycles. The van der Waals surface area contributed by atoms with Crippen LogP contribution in [0.25, 0.3) is 6.08 Å². The molecule has 0 aromatic carbocycles. The number of rotatable bonds is 9. The number of nitriles is 1. The minimum absolute atomic E-state index is 0.218. The molecule has 10 heteroatoms. The van der Waals surface area contributed by atoms with Gasteiger partial charge in [-0.15, -0.1) is 0 Å². The molecular formula is C24H31N5O5. The van der Waals surface area contributed by atoms with Gasteiger partial charge in [-0.3, -0.25) is 18.7 Å². The maximum absolute atomic E-state index is 12.7. The van der Waals surface area contributed by atoms with E-state index >= 15 is 0 Å². The van der Waals surface area contributed by atoms with Crippen LogP contribution in [-0.2, 0) is 29.7 Å². The van der Waals surface area contributed by atoms with Crippen molar-refractivity contribution in [3.63, 3.8) is 0 Å². The maximum Gasteiger partial charge on any atom is 0.349 e. The molecule has 0 fully saturated rings. The number of nitrogen functional groups attached to an aromatic ring is 1. The SMILES string of the molecule is CCCn1c(N)c(C(=O)COC(=O)C(C#N)=Cc2cc(C)n(CC(C)C)c2C)c(=O)n(C)c1=O. The predicted molar refractivity (Wildman–Crippen MR) is 128 cm³/mol. The van der Waals surface area contributed by atoms with Crippen LogP contribution in [-0.4, -0.2) is 32.1 Å². The fourth-order valence-corrected chi connectivity index (χ4v) is 3.68. The van der Waals surface area contributed by atoms with Crippen LogP contribution in [0.5, 0.6) is 0 Å². The van der Waals surface area contributed by atoms with Crippen LogP contribution in [0.4, 0.5) is 5.82 Å². The monoisotopic (exact) mass is 469 g/mol. The Labute approximate surface area is 197 Å². The number of ether oxygens (including phenoxy) is 1. The highest BCUT2D eigenvalue weighted by Crippen LogP contribution is 2.20. The van der Waals surface area contributed by atoms with E-state index in [1.165, 1.54) is 13.1 Å². The summed E-state index contributed by atoms with van der Waals surface area (Å²) in [6, 6.07) is 3.68. The molecule has 0 saturated heterocycles. The van der Waals surface area contributed by atoms with E-state index in [1.807, 2.05) is 26.8 Å². The van der Waals surface area contributed by atoms with E-state index in [2.05, 4.69) is 18.4 Å². The third kappa shape index (κ3) is 5.36. The Morgan fingerprint density at radius 1 is 1.24 bits per heavy atom. The van der Waals surface area contributed by atoms with Crippen molar-refractivity contribution in [1.82, 2.24) is 13.7 Å². The zero-order valence-corrected chi connectivity index (χ0v) is 20.5. The fraction of sp³-hybridized carbons (Fsp3) is 0.458. The van der Waals surface area contributed by atoms with Gasteiger partial charge in [0, 0.05) is 31.5 Å². The van der Waals surface area contributed by atoms with Gasteiger partial charge < -0.3 is 15.0 Å². The van der Waals surface area contributed by atoms with Gasteiger partial charge in [0.2, 0.25) is 5.78 Å². The summed E-state index contributed by atoms with van der Waals surface area (Å²) in [5.74, 6) is -1.71. The van der Waals surface area contributed by atoms with Gasteiger partial charge in [0.15, 0.2) is 6.61 Å². The number of nitrogens with two attached hydrogens (primary N) is 1. The molecular weight excluding hydrogens is 438 g/mol. The van der Waals surface area contributed by atoms with E-state index in [0.29, 0.717) is 17.9 Å². The Kier molecular flexibility index (Phi) is 8.41. The van der Waals surface area contributed by atoms with Crippen LogP contribution in [0, 0.1) is 31.1 Å². The highest BCUT2D eigenvalue weighted by molar-refractivity contribution is 6.03. The van der Waals surface area contributed by atoms with E-state index < -0.39 is 35.2 Å². The van der Waals surface area contributed by atoms with E-state index in [4.69, 9.17) is 10.5 Å². The predicted octanol–water partition coefficient (Wildman–Crippen LogP) is 1.95. The number of carbonyl (C=O) groups excluding carboxylic acids is 2. The maximum atomic E-state index is 12.7. The zero-order valence-electron chi connectivity index (χ0n) is 20.5. The molecule has 0 spiro atoms. The van der Waals surface area contributed by atoms with Crippen LogP contribution < -0.4 is 17.0 Å². The molecule has 10 nitrogen and oxygen atoms in total. The van der Waals surface area contributed by atoms with E-state index in [9.17, 15) is 24.4 Å². The van der Waals surface area contributed by atoms with Crippen LogP contribution in [0.3, 0.4) is 0 Å². The molecule has 0 amide bonds. The standard InChI is InChI=1S/C24H31N5O5/c1-7-8-28-21(26)20(22(31)27(6)24(28)33)19(30)13-34-23(32)18(11-25)10-17-9-15(4)29(16(17)5)12-14(2)3/h9-10,14H,7-8,12-13,26H2,1-6H3. The van der Waals surface area contributed by atoms with Crippen molar-refractivity contribution in [1.29, 1.82) is 5.26 Å². The quantitative estimate of drug-likeness (QED) is 0.256. The van der Waals surface area contributed by atoms with Crippen molar-refractivity contribution in [2.24, 2.45) is 13.0 Å². The summed E-state index contributed by atoms with van der Waals surface area (Å²) >= 11 is 0. The number of aromatic nitrogens is 3. The lowest BCUT2D eigenvalue weighted by Crippen LogP contribution is -2.43. The molecule has 0 atom stereocenters. The summed E-state index contributed by atoms with van der Waals surface area (Å²) in [7, 11) is 1.24. The molecule has 0 aliphatic heterocycles. The summed E-state index contributed by atoms with van der Waals surface area (Å²) in [6.07, 6.45) is 1.97. The average Bonchev–Trinajstić information content (AvgIpc) is 3.04. The van der Waals surface area contributed by atoms with Gasteiger partial charge in [0.25, 0.3) is 5.56 Å². The number of aryl methyl sites for hydroxylation is 1. The third-order valence-corrected chi connectivity index (χ3v) is 5.44. The van der Waals surface area contributed by atoms with Gasteiger partial charge in [-0.25, -0.2) is 9.59 Å². The average molecular weight is 470 g/mol. The van der Waals surface area contributed by atoms with Crippen molar-refractivity contribution in [2.75, 3.05) is 12.3 Å². The first-order chi connectivity index (χ1) is 15.9. The Morgan fingerprint density at radius 3 is 2.44 bits per heavy atom. The van der Waals surface area contributed by atoms with Crippen molar-refractivity contribution >= 4 is 23.6 Å². The van der Waals surface area contributed by atoms with Gasteiger partial charge in [-0.2, -0.15) is 5.26 Å². The molecule has 2 heterocycles. The van der Waals surface area contributed by atoms with E-state index in [0.717, 1.165) is 27.1 Å². The summed E-state index contributed by atoms with van der Waals surface area (Å²) in [6.45, 7) is 10.1. The second-order valence-electron chi connectivity index (χ2n) is 8.56. The number of nitrogens with zero attached hydrogens (tertiary/aromatic N) is 4. The van der Waals surface area contributed by atoms with Crippen LogP contribution in [0.2, 0.25) is 0 Å². The number of carbonyl (C=O) groups is 2. The minimum Gasteiger partial charge on any atom is -0.453 e. The first kappa shape index (κ1) is 26.4. The lowest BCUT2D eigenvalue weighted by Gasteiger charge is -2.13. The fourth-order valence-electron chi connectivity index (χ4n) is 3.68. The van der Waals surface area contributed by atoms with Gasteiger partial charge in [-0.05, 0) is 43.9 Å². The molecule has 0 bridgehead atoms. The zero-order chi connectivity index (χ0) is 25.7. The lowest BCUT2D eigenvalue weighted by molar-refractivity contribution is -0.137. The summed E-state index contributed by atoms with van der Waals surface area (Å²) in [5.41, 5.74) is 6.30. The molecule has 2 aromatic heterocycles. The molecule has 34 heavy (non-hydrogen) atoms. The minimum atomic E-state index is -0.998. The van der Waals surface area contributed by atoms with Crippen molar-refractivity contribution in [3.8, 4) is 6.07 Å². The molecule has 2 rings (SSSR count). The molecule has 182 valence electrons. The Bertz CT molecular complexity index is 1300. The lowest BCUT2D eigenvalue weighted by atomic mass is 10.1. The molecule has 2 N–H and O–H groups in total. The van der Waals surface area contributed by atoms with E-state index in [1.54, 1.807) is 6.07 Å². The van der Waals surface area contributed by atoms with Crippen LogP contribution >= 0.6 is 0 Å². The summed E-state index contributed by atoms with van der Waals surface area (Å²) in [4.78, 5) is 49.9. The normalized spacial score (nSPS) is 11.5. The highest BCUT2D eigenvalue weighted by atomic mass is 16.5. The first-order valence-corrected chi connectivity index (χ1v) is 11.0. The van der Waals surface area contributed by atoms with Crippen LogP contribution in [0.1, 0.15) is 54.5 Å². The molecule has 0 unspecified atom stereocenters. The van der Waals surface area contributed by atoms with Crippen LogP contribution in [0.15, 0.2) is 21.2 Å². The third-order valence-electron chi connectivity index (χ3n) is 5.44. The number of Topliss-reactive ketones (excluding diaryl/α,β-unsaturated/α-hetero) is 1. The van der Waals surface area contributed by atoms with E-state index in [-0.39, 0.29) is 17.9 Å². The molecule has 0 aliphatic rings. The first-order valence-electron chi connectivity index (χ1n) is 11.0. The van der Waals surface area contributed by atoms with Crippen molar-refractivity contribution in [3.05, 3.63) is 55.0 Å². The Balaban J connectivity index is 2.29. The molecule has 0 aliphatic carbocycles. The summed E-state index contributed by atoms with van der Waals surface area (Å²) < 4.78 is 9.04. The van der Waals surface area contributed by atoms with Gasteiger partial charge in [0.1, 0.15) is 23.0 Å². The number of ketones is 1. The second-order valence-corrected chi connectivity index (χ2v) is 8.56. The van der Waals surface area contributed by atoms with Crippen molar-refractivity contribution in [2.45, 2.75) is 54.1 Å². The number of anilines is 1. The van der Waals surface area contributed by atoms with Gasteiger partial charge in [0.05, 0.1) is 0 Å². The number of esters is 1. The topological polar surface area (TPSA) is 142 Å². The Hall–Kier alpha value is -3.87. The highest BCUT2D eigenvalue weighted by Gasteiger charge is 2.23. The smallest absolute Gasteiger partial charge is 0.349 e. The van der Waals surface area contributed by atoms with Gasteiger partial charge >= 0.3 is 11.7 Å². The summed E-state index contributed by atoms with van der Waals surface area (Å²) in [5, 5.41) is 9.48. The molecule has 2 aromatic rings. The molecule has 0 radical (unpaired) electrons. The Morgan fingerprint density at radius 2 is 1.88 bits per heavy atom. The largest absolute Gasteiger partial charge is 0.453 e. The second kappa shape index (κ2) is 10.8. The number of hydrogen-bond acceptors (Lipinski definition) is 7. The van der Waals surface area contributed by atoms with Gasteiger partial charge in [-0.1, -0.05) is 20.8 Å².